The number of pyridine rings is 1. The van der Waals surface area contributed by atoms with Crippen molar-refractivity contribution in [1.82, 2.24) is 4.98 Å². The molecule has 6 heteroatoms. The molecule has 0 unspecified atom stereocenters. The molecule has 78 valence electrons. The van der Waals surface area contributed by atoms with Crippen molar-refractivity contribution in [3.8, 4) is 11.5 Å². The maximum Gasteiger partial charge on any atom is 0.271 e. The summed E-state index contributed by atoms with van der Waals surface area (Å²) in [7, 11) is 1.22. The third-order valence-corrected chi connectivity index (χ3v) is 1.95. The van der Waals surface area contributed by atoms with E-state index in [9.17, 15) is 13.9 Å². The van der Waals surface area contributed by atoms with Crippen molar-refractivity contribution in [3.05, 3.63) is 17.5 Å². The van der Waals surface area contributed by atoms with Crippen LogP contribution in [-0.4, -0.2) is 17.2 Å². The number of rotatable bonds is 3. The van der Waals surface area contributed by atoms with Gasteiger partial charge in [-0.2, -0.15) is 0 Å². The van der Waals surface area contributed by atoms with Crippen molar-refractivity contribution in [1.29, 1.82) is 0 Å². The van der Waals surface area contributed by atoms with E-state index >= 15 is 0 Å². The fourth-order valence-electron chi connectivity index (χ4n) is 1.01. The summed E-state index contributed by atoms with van der Waals surface area (Å²) in [5.41, 5.74) is -0.555. The molecule has 1 aromatic heterocycles. The van der Waals surface area contributed by atoms with E-state index in [1.807, 2.05) is 0 Å². The Morgan fingerprint density at radius 1 is 1.64 bits per heavy atom. The Morgan fingerprint density at radius 2 is 2.29 bits per heavy atom. The lowest BCUT2D eigenvalue weighted by atomic mass is 10.2. The molecule has 1 heterocycles. The molecule has 0 bridgehead atoms. The fraction of sp³-hybridized carbons (Fsp3) is 0.375. The molecule has 0 aromatic carbocycles. The highest BCUT2D eigenvalue weighted by atomic mass is 35.5. The number of aromatic nitrogens is 1. The largest absolute Gasteiger partial charge is 0.505 e. The molecule has 0 saturated heterocycles. The number of alkyl halides is 3. The van der Waals surface area contributed by atoms with Gasteiger partial charge in [-0.1, -0.05) is 0 Å². The Labute approximate surface area is 84.3 Å². The van der Waals surface area contributed by atoms with E-state index in [2.05, 4.69) is 9.72 Å². The van der Waals surface area contributed by atoms with E-state index in [0.29, 0.717) is 0 Å². The maximum absolute atomic E-state index is 12.5. The van der Waals surface area contributed by atoms with Crippen LogP contribution >= 0.6 is 11.6 Å². The van der Waals surface area contributed by atoms with Crippen LogP contribution in [0.1, 0.15) is 17.7 Å². The van der Waals surface area contributed by atoms with Crippen LogP contribution in [0, 0.1) is 0 Å². The van der Waals surface area contributed by atoms with Crippen LogP contribution in [0.4, 0.5) is 8.78 Å². The van der Waals surface area contributed by atoms with Crippen molar-refractivity contribution >= 4 is 11.6 Å². The Kier molecular flexibility index (Phi) is 3.46. The van der Waals surface area contributed by atoms with Crippen molar-refractivity contribution in [3.63, 3.8) is 0 Å². The normalized spacial score (nSPS) is 10.6. The van der Waals surface area contributed by atoms with Gasteiger partial charge < -0.3 is 9.84 Å². The first-order valence-corrected chi connectivity index (χ1v) is 4.24. The summed E-state index contributed by atoms with van der Waals surface area (Å²) < 4.78 is 29.6. The van der Waals surface area contributed by atoms with Gasteiger partial charge in [-0.15, -0.1) is 11.6 Å². The molecule has 0 fully saturated rings. The topological polar surface area (TPSA) is 42.4 Å². The second-order valence-corrected chi connectivity index (χ2v) is 2.74. The molecule has 0 radical (unpaired) electrons. The van der Waals surface area contributed by atoms with Crippen LogP contribution in [0.3, 0.4) is 0 Å². The van der Waals surface area contributed by atoms with Crippen LogP contribution in [0.15, 0.2) is 6.20 Å². The second kappa shape index (κ2) is 4.41. The van der Waals surface area contributed by atoms with Gasteiger partial charge in [0.15, 0.2) is 5.75 Å². The summed E-state index contributed by atoms with van der Waals surface area (Å²) in [4.78, 5) is 3.67. The lowest BCUT2D eigenvalue weighted by Crippen LogP contribution is -1.98. The third kappa shape index (κ3) is 1.87. The quantitative estimate of drug-likeness (QED) is 0.801. The number of nitrogens with zero attached hydrogens (tertiary/aromatic N) is 1. The van der Waals surface area contributed by atoms with Crippen LogP contribution < -0.4 is 4.74 Å². The standard InChI is InChI=1S/C8H8ClF2NO2/c1-14-5-3-12-4(2-9)7(13)6(5)8(10)11/h3,8,13H,2H2,1H3. The van der Waals surface area contributed by atoms with Crippen LogP contribution in [0.2, 0.25) is 0 Å². The molecule has 0 amide bonds. The van der Waals surface area contributed by atoms with Crippen molar-refractivity contribution < 1.29 is 18.6 Å². The van der Waals surface area contributed by atoms with Crippen LogP contribution in [-0.2, 0) is 5.88 Å². The average molecular weight is 224 g/mol. The second-order valence-electron chi connectivity index (χ2n) is 2.47. The van der Waals surface area contributed by atoms with Gasteiger partial charge in [0, 0.05) is 0 Å². The predicted molar refractivity (Wildman–Crippen MR) is 47.0 cm³/mol. The van der Waals surface area contributed by atoms with Gasteiger partial charge in [-0.3, -0.25) is 4.98 Å². The zero-order valence-corrected chi connectivity index (χ0v) is 8.05. The number of halogens is 3. The minimum absolute atomic E-state index is 0.0165. The molecular weight excluding hydrogens is 216 g/mol. The van der Waals surface area contributed by atoms with Crippen molar-refractivity contribution in [2.75, 3.05) is 7.11 Å². The highest BCUT2D eigenvalue weighted by Gasteiger charge is 2.22. The van der Waals surface area contributed by atoms with Crippen molar-refractivity contribution in [2.24, 2.45) is 0 Å². The molecule has 0 aliphatic carbocycles. The average Bonchev–Trinajstić information content (AvgIpc) is 2.16. The zero-order valence-electron chi connectivity index (χ0n) is 7.30. The van der Waals surface area contributed by atoms with Crippen LogP contribution in [0.5, 0.6) is 11.5 Å². The lowest BCUT2D eigenvalue weighted by molar-refractivity contribution is 0.142. The molecule has 0 atom stereocenters. The predicted octanol–water partition coefficient (Wildman–Crippen LogP) is 2.47. The summed E-state index contributed by atoms with van der Waals surface area (Å²) >= 11 is 5.40. The molecule has 0 saturated carbocycles. The number of ether oxygens (including phenoxy) is 1. The molecule has 1 N–H and O–H groups in total. The smallest absolute Gasteiger partial charge is 0.271 e. The summed E-state index contributed by atoms with van der Waals surface area (Å²) in [5, 5.41) is 9.36. The maximum atomic E-state index is 12.5. The number of hydrogen-bond acceptors (Lipinski definition) is 3. The summed E-state index contributed by atoms with van der Waals surface area (Å²) in [6, 6.07) is 0. The number of hydrogen-bond donors (Lipinski definition) is 1. The van der Waals surface area contributed by atoms with Gasteiger partial charge in [-0.25, -0.2) is 8.78 Å². The van der Waals surface area contributed by atoms with Gasteiger partial charge in [0.05, 0.1) is 24.9 Å². The van der Waals surface area contributed by atoms with Gasteiger partial charge in [0.25, 0.3) is 6.43 Å². The highest BCUT2D eigenvalue weighted by Crippen LogP contribution is 2.37. The van der Waals surface area contributed by atoms with E-state index in [-0.39, 0.29) is 17.3 Å². The van der Waals surface area contributed by atoms with Crippen LogP contribution in [0.25, 0.3) is 0 Å². The van der Waals surface area contributed by atoms with Gasteiger partial charge in [-0.05, 0) is 0 Å². The van der Waals surface area contributed by atoms with Gasteiger partial charge in [0.2, 0.25) is 0 Å². The molecule has 1 rings (SSSR count). The molecule has 0 aliphatic heterocycles. The SMILES string of the molecule is COc1cnc(CCl)c(O)c1C(F)F. The highest BCUT2D eigenvalue weighted by molar-refractivity contribution is 6.17. The molecule has 1 aromatic rings. The Hall–Kier alpha value is -1.10. The fourth-order valence-corrected chi connectivity index (χ4v) is 1.21. The molecule has 3 nitrogen and oxygen atoms in total. The summed E-state index contributed by atoms with van der Waals surface area (Å²) in [6.45, 7) is 0. The molecular formula is C8H8ClF2NO2. The van der Waals surface area contributed by atoms with Gasteiger partial charge >= 0.3 is 0 Å². The first-order chi connectivity index (χ1) is 6.61. The van der Waals surface area contributed by atoms with Gasteiger partial charge in [0.1, 0.15) is 11.3 Å². The molecule has 0 spiro atoms. The molecule has 0 aliphatic rings. The van der Waals surface area contributed by atoms with E-state index in [4.69, 9.17) is 11.6 Å². The Morgan fingerprint density at radius 3 is 2.71 bits per heavy atom. The Bertz CT molecular complexity index is 333. The first-order valence-electron chi connectivity index (χ1n) is 3.70. The van der Waals surface area contributed by atoms with E-state index in [1.165, 1.54) is 7.11 Å². The minimum atomic E-state index is -2.82. The van der Waals surface area contributed by atoms with Crippen molar-refractivity contribution in [2.45, 2.75) is 12.3 Å². The minimum Gasteiger partial charge on any atom is -0.505 e. The summed E-state index contributed by atoms with van der Waals surface area (Å²) in [6.07, 6.45) is -1.71. The Balaban J connectivity index is 3.31. The summed E-state index contributed by atoms with van der Waals surface area (Å²) in [5.74, 6) is -0.879. The van der Waals surface area contributed by atoms with E-state index < -0.39 is 17.7 Å². The third-order valence-electron chi connectivity index (χ3n) is 1.70. The number of methoxy groups -OCH3 is 1. The molecule has 14 heavy (non-hydrogen) atoms. The monoisotopic (exact) mass is 223 g/mol. The lowest BCUT2D eigenvalue weighted by Gasteiger charge is -2.10. The zero-order chi connectivity index (χ0) is 10.7. The first kappa shape index (κ1) is 11.0. The number of aromatic hydroxyl groups is 1. The van der Waals surface area contributed by atoms with E-state index in [0.717, 1.165) is 6.20 Å². The van der Waals surface area contributed by atoms with E-state index in [1.54, 1.807) is 0 Å².